The normalized spacial score (nSPS) is 20.4. The summed E-state index contributed by atoms with van der Waals surface area (Å²) in [5.41, 5.74) is 1.22. The van der Waals surface area contributed by atoms with Gasteiger partial charge >= 0.3 is 0 Å². The molecule has 1 N–H and O–H groups in total. The number of amides is 2. The Morgan fingerprint density at radius 3 is 2.46 bits per heavy atom. The highest BCUT2D eigenvalue weighted by atomic mass is 32.2. The summed E-state index contributed by atoms with van der Waals surface area (Å²) >= 11 is 1.26. The lowest BCUT2D eigenvalue weighted by molar-refractivity contribution is -0.128. The number of hydrogen-bond donors (Lipinski definition) is 1. The monoisotopic (exact) mass is 516 g/mol. The Morgan fingerprint density at radius 2 is 1.80 bits per heavy atom. The molecule has 0 saturated carbocycles. The topological polar surface area (TPSA) is 108 Å². The Kier molecular flexibility index (Phi) is 8.22. The lowest BCUT2D eigenvalue weighted by atomic mass is 10.2. The van der Waals surface area contributed by atoms with Crippen molar-refractivity contribution >= 4 is 50.1 Å². The molecule has 2 heterocycles. The third-order valence-electron chi connectivity index (χ3n) is 5.56. The molecular formula is C24H28N4O5S2. The van der Waals surface area contributed by atoms with Crippen molar-refractivity contribution in [2.75, 3.05) is 38.2 Å². The van der Waals surface area contributed by atoms with Gasteiger partial charge in [-0.25, -0.2) is 13.4 Å². The quantitative estimate of drug-likeness (QED) is 0.578. The molecule has 2 aromatic carbocycles. The Morgan fingerprint density at radius 1 is 1.11 bits per heavy atom. The maximum atomic E-state index is 13.0. The highest BCUT2D eigenvalue weighted by molar-refractivity contribution is 8.15. The predicted octanol–water partition coefficient (Wildman–Crippen LogP) is 3.08. The number of anilines is 1. The first-order valence-electron chi connectivity index (χ1n) is 11.5. The van der Waals surface area contributed by atoms with Crippen LogP contribution in [-0.2, 0) is 24.3 Å². The smallest absolute Gasteiger partial charge is 0.243 e. The van der Waals surface area contributed by atoms with Crippen LogP contribution in [0.3, 0.4) is 0 Å². The van der Waals surface area contributed by atoms with Gasteiger partial charge in [0.2, 0.25) is 21.8 Å². The summed E-state index contributed by atoms with van der Waals surface area (Å²) in [5.74, 6) is -0.386. The molecule has 2 saturated heterocycles. The summed E-state index contributed by atoms with van der Waals surface area (Å²) in [5, 5.41) is 2.76. The summed E-state index contributed by atoms with van der Waals surface area (Å²) in [6, 6.07) is 15.4. The summed E-state index contributed by atoms with van der Waals surface area (Å²) in [6.45, 7) is 3.88. The highest BCUT2D eigenvalue weighted by Crippen LogP contribution is 2.32. The van der Waals surface area contributed by atoms with Gasteiger partial charge in [0.05, 0.1) is 23.8 Å². The molecule has 2 aliphatic heterocycles. The van der Waals surface area contributed by atoms with Crippen molar-refractivity contribution in [3.8, 4) is 0 Å². The zero-order valence-electron chi connectivity index (χ0n) is 19.4. The Labute approximate surface area is 209 Å². The van der Waals surface area contributed by atoms with E-state index in [2.05, 4.69) is 10.3 Å². The van der Waals surface area contributed by atoms with Crippen molar-refractivity contribution in [2.24, 2.45) is 4.99 Å². The molecule has 2 amide bonds. The number of benzene rings is 2. The summed E-state index contributed by atoms with van der Waals surface area (Å²) in [4.78, 5) is 31.9. The maximum absolute atomic E-state index is 13.0. The first kappa shape index (κ1) is 25.4. The van der Waals surface area contributed by atoms with Crippen LogP contribution in [0.25, 0.3) is 0 Å². The number of amidine groups is 1. The molecule has 1 atom stereocenters. The fourth-order valence-electron chi connectivity index (χ4n) is 3.80. The zero-order chi connectivity index (χ0) is 24.8. The van der Waals surface area contributed by atoms with E-state index in [4.69, 9.17) is 4.74 Å². The zero-order valence-corrected chi connectivity index (χ0v) is 21.1. The molecule has 4 rings (SSSR count). The number of rotatable bonds is 8. The molecular weight excluding hydrogens is 488 g/mol. The van der Waals surface area contributed by atoms with Crippen LogP contribution in [0.5, 0.6) is 0 Å². The minimum absolute atomic E-state index is 0.0361. The molecule has 2 aliphatic rings. The number of aliphatic imine (C=N–C) groups is 1. The molecule has 0 aromatic heterocycles. The van der Waals surface area contributed by atoms with Crippen molar-refractivity contribution < 1.29 is 22.7 Å². The van der Waals surface area contributed by atoms with Crippen LogP contribution in [-0.4, -0.2) is 72.7 Å². The Bertz CT molecular complexity index is 1180. The molecule has 2 aromatic rings. The first-order chi connectivity index (χ1) is 16.9. The molecule has 1 unspecified atom stereocenters. The van der Waals surface area contributed by atoms with Gasteiger partial charge in [0.1, 0.15) is 5.25 Å². The second-order valence-corrected chi connectivity index (χ2v) is 11.2. The van der Waals surface area contributed by atoms with Gasteiger partial charge in [-0.05, 0) is 42.8 Å². The number of morpholine rings is 1. The fraction of sp³-hybridized carbons (Fsp3) is 0.375. The van der Waals surface area contributed by atoms with Gasteiger partial charge in [-0.15, -0.1) is 0 Å². The molecule has 0 radical (unpaired) electrons. The van der Waals surface area contributed by atoms with E-state index in [1.807, 2.05) is 25.1 Å². The van der Waals surface area contributed by atoms with Gasteiger partial charge < -0.3 is 10.1 Å². The van der Waals surface area contributed by atoms with Crippen molar-refractivity contribution in [1.29, 1.82) is 0 Å². The number of ether oxygens (including phenoxy) is 1. The standard InChI is InChI=1S/C24H28N4O5S2/c1-2-12-28-23(30)21(17-22(29)25-18-6-4-3-5-7-18)34-24(28)26-19-8-10-20(11-9-19)35(31,32)27-13-15-33-16-14-27/h3-11,21H,2,12-17H2,1H3,(H,25,29). The minimum atomic E-state index is -3.59. The number of thioether (sulfide) groups is 1. The van der Waals surface area contributed by atoms with E-state index in [-0.39, 0.29) is 23.1 Å². The van der Waals surface area contributed by atoms with Crippen LogP contribution in [0.4, 0.5) is 11.4 Å². The van der Waals surface area contributed by atoms with Gasteiger partial charge in [-0.3, -0.25) is 14.5 Å². The second-order valence-electron chi connectivity index (χ2n) is 8.12. The van der Waals surface area contributed by atoms with Gasteiger partial charge in [0.25, 0.3) is 0 Å². The lowest BCUT2D eigenvalue weighted by Crippen LogP contribution is -2.40. The number of sulfonamides is 1. The second kappa shape index (κ2) is 11.3. The molecule has 2 fully saturated rings. The average molecular weight is 517 g/mol. The van der Waals surface area contributed by atoms with Gasteiger partial charge in [-0.2, -0.15) is 4.31 Å². The van der Waals surface area contributed by atoms with E-state index in [0.29, 0.717) is 49.4 Å². The predicted molar refractivity (Wildman–Crippen MR) is 136 cm³/mol. The van der Waals surface area contributed by atoms with Crippen molar-refractivity contribution in [2.45, 2.75) is 29.9 Å². The number of hydrogen-bond acceptors (Lipinski definition) is 7. The van der Waals surface area contributed by atoms with E-state index >= 15 is 0 Å². The van der Waals surface area contributed by atoms with Crippen molar-refractivity contribution in [3.63, 3.8) is 0 Å². The van der Waals surface area contributed by atoms with Crippen LogP contribution >= 0.6 is 11.8 Å². The number of nitrogens with zero attached hydrogens (tertiary/aromatic N) is 3. The minimum Gasteiger partial charge on any atom is -0.379 e. The third kappa shape index (κ3) is 6.10. The fourth-order valence-corrected chi connectivity index (χ4v) is 6.39. The van der Waals surface area contributed by atoms with E-state index in [9.17, 15) is 18.0 Å². The van der Waals surface area contributed by atoms with Gasteiger partial charge in [-0.1, -0.05) is 36.9 Å². The summed E-state index contributed by atoms with van der Waals surface area (Å²) < 4.78 is 32.3. The largest absolute Gasteiger partial charge is 0.379 e. The molecule has 186 valence electrons. The summed E-state index contributed by atoms with van der Waals surface area (Å²) in [6.07, 6.45) is 0.777. The highest BCUT2D eigenvalue weighted by Gasteiger charge is 2.38. The Hall–Kier alpha value is -2.73. The van der Waals surface area contributed by atoms with Gasteiger partial charge in [0, 0.05) is 31.7 Å². The van der Waals surface area contributed by atoms with E-state index in [1.54, 1.807) is 29.2 Å². The van der Waals surface area contributed by atoms with E-state index < -0.39 is 15.3 Å². The lowest BCUT2D eigenvalue weighted by Gasteiger charge is -2.26. The molecule has 35 heavy (non-hydrogen) atoms. The number of carbonyl (C=O) groups is 2. The van der Waals surface area contributed by atoms with Crippen molar-refractivity contribution in [1.82, 2.24) is 9.21 Å². The Balaban J connectivity index is 1.47. The molecule has 9 nitrogen and oxygen atoms in total. The molecule has 0 spiro atoms. The van der Waals surface area contributed by atoms with E-state index in [0.717, 1.165) is 6.42 Å². The van der Waals surface area contributed by atoms with Crippen molar-refractivity contribution in [3.05, 3.63) is 54.6 Å². The molecule has 0 bridgehead atoms. The van der Waals surface area contributed by atoms with Crippen LogP contribution in [0, 0.1) is 0 Å². The SMILES string of the molecule is CCCN1C(=O)C(CC(=O)Nc2ccccc2)SC1=Nc1ccc(S(=O)(=O)N2CCOCC2)cc1. The van der Waals surface area contributed by atoms with Crippen LogP contribution in [0.15, 0.2) is 64.5 Å². The molecule has 11 heteroatoms. The number of para-hydroxylation sites is 1. The maximum Gasteiger partial charge on any atom is 0.243 e. The number of carbonyl (C=O) groups excluding carboxylic acids is 2. The van der Waals surface area contributed by atoms with Crippen LogP contribution in [0.1, 0.15) is 19.8 Å². The van der Waals surface area contributed by atoms with Gasteiger partial charge in [0.15, 0.2) is 5.17 Å². The van der Waals surface area contributed by atoms with E-state index in [1.165, 1.54) is 28.2 Å². The molecule has 0 aliphatic carbocycles. The third-order valence-corrected chi connectivity index (χ3v) is 8.65. The van der Waals surface area contributed by atoms with Crippen LogP contribution in [0.2, 0.25) is 0 Å². The summed E-state index contributed by atoms with van der Waals surface area (Å²) in [7, 11) is -3.59. The average Bonchev–Trinajstić information content (AvgIpc) is 3.14. The first-order valence-corrected chi connectivity index (χ1v) is 13.8. The van der Waals surface area contributed by atoms with Crippen LogP contribution < -0.4 is 5.32 Å². The number of nitrogens with one attached hydrogen (secondary N) is 1.